The minimum atomic E-state index is 0.773. The molecule has 4 aromatic rings. The zero-order valence-corrected chi connectivity index (χ0v) is 15.1. The number of hydrogen-bond acceptors (Lipinski definition) is 5. The number of benzene rings is 1. The van der Waals surface area contributed by atoms with Crippen molar-refractivity contribution in [3.05, 3.63) is 59.7 Å². The Morgan fingerprint density at radius 2 is 2.00 bits per heavy atom. The van der Waals surface area contributed by atoms with Crippen LogP contribution in [0.4, 0.5) is 5.82 Å². The number of aryl methyl sites for hydroxylation is 1. The van der Waals surface area contributed by atoms with Crippen LogP contribution in [0.3, 0.4) is 0 Å². The highest BCUT2D eigenvalue weighted by atomic mass is 32.1. The maximum Gasteiger partial charge on any atom is 0.172 e. The Kier molecular flexibility index (Phi) is 4.19. The van der Waals surface area contributed by atoms with Gasteiger partial charge in [-0.2, -0.15) is 5.10 Å². The van der Waals surface area contributed by atoms with E-state index in [4.69, 9.17) is 9.97 Å². The molecule has 0 saturated heterocycles. The Labute approximate surface area is 150 Å². The number of para-hydroxylation sites is 1. The fourth-order valence-corrected chi connectivity index (χ4v) is 3.58. The average Bonchev–Trinajstić information content (AvgIpc) is 3.30. The van der Waals surface area contributed by atoms with Crippen molar-refractivity contribution in [2.75, 3.05) is 11.4 Å². The Hall–Kier alpha value is -2.73. The standard InChI is InChI=1S/C19H19N5S/c1-3-24(13-14-11-20-23(2)12-14)19-15-7-4-5-8-16(15)21-18(22-19)17-9-6-10-25-17/h4-12H,3,13H2,1-2H3. The normalized spacial score (nSPS) is 11.1. The summed E-state index contributed by atoms with van der Waals surface area (Å²) >= 11 is 1.66. The lowest BCUT2D eigenvalue weighted by molar-refractivity contribution is 0.764. The van der Waals surface area contributed by atoms with E-state index < -0.39 is 0 Å². The highest BCUT2D eigenvalue weighted by molar-refractivity contribution is 7.13. The van der Waals surface area contributed by atoms with Crippen molar-refractivity contribution in [3.8, 4) is 10.7 Å². The largest absolute Gasteiger partial charge is 0.352 e. The summed E-state index contributed by atoms with van der Waals surface area (Å²) in [6.07, 6.45) is 3.96. The van der Waals surface area contributed by atoms with Crippen LogP contribution in [0.25, 0.3) is 21.6 Å². The second-order valence-corrected chi connectivity index (χ2v) is 6.85. The Balaban J connectivity index is 1.83. The molecule has 3 heterocycles. The van der Waals surface area contributed by atoms with Crippen molar-refractivity contribution < 1.29 is 0 Å². The zero-order valence-electron chi connectivity index (χ0n) is 14.3. The number of hydrogen-bond donors (Lipinski definition) is 0. The van der Waals surface area contributed by atoms with Gasteiger partial charge in [0.05, 0.1) is 16.6 Å². The summed E-state index contributed by atoms with van der Waals surface area (Å²) in [5, 5.41) is 7.41. The van der Waals surface area contributed by atoms with Gasteiger partial charge in [-0.25, -0.2) is 9.97 Å². The average molecular weight is 349 g/mol. The predicted molar refractivity (Wildman–Crippen MR) is 103 cm³/mol. The lowest BCUT2D eigenvalue weighted by Gasteiger charge is -2.23. The molecule has 0 aliphatic rings. The molecule has 1 aromatic carbocycles. The molecule has 6 heteroatoms. The fraction of sp³-hybridized carbons (Fsp3) is 0.211. The SMILES string of the molecule is CCN(Cc1cnn(C)c1)c1nc(-c2cccs2)nc2ccccc12. The number of anilines is 1. The van der Waals surface area contributed by atoms with Gasteiger partial charge >= 0.3 is 0 Å². The Morgan fingerprint density at radius 3 is 2.72 bits per heavy atom. The van der Waals surface area contributed by atoms with Gasteiger partial charge in [0.15, 0.2) is 5.82 Å². The first-order valence-corrected chi connectivity index (χ1v) is 9.15. The van der Waals surface area contributed by atoms with Crippen LogP contribution in [0.15, 0.2) is 54.2 Å². The lowest BCUT2D eigenvalue weighted by Crippen LogP contribution is -2.23. The molecule has 126 valence electrons. The fourth-order valence-electron chi connectivity index (χ4n) is 2.93. The molecule has 0 radical (unpaired) electrons. The van der Waals surface area contributed by atoms with Crippen LogP contribution in [0.2, 0.25) is 0 Å². The van der Waals surface area contributed by atoms with Gasteiger partial charge in [-0.05, 0) is 30.5 Å². The Morgan fingerprint density at radius 1 is 1.12 bits per heavy atom. The third kappa shape index (κ3) is 3.13. The van der Waals surface area contributed by atoms with Gasteiger partial charge in [-0.15, -0.1) is 11.3 Å². The summed E-state index contributed by atoms with van der Waals surface area (Å²) in [4.78, 5) is 13.0. The van der Waals surface area contributed by atoms with Crippen LogP contribution in [-0.2, 0) is 13.6 Å². The van der Waals surface area contributed by atoms with Crippen LogP contribution in [-0.4, -0.2) is 26.3 Å². The molecule has 0 bridgehead atoms. The molecule has 5 nitrogen and oxygen atoms in total. The number of fused-ring (bicyclic) bond motifs is 1. The highest BCUT2D eigenvalue weighted by Crippen LogP contribution is 2.30. The maximum atomic E-state index is 4.92. The first kappa shape index (κ1) is 15.8. The summed E-state index contributed by atoms with van der Waals surface area (Å²) in [5.74, 6) is 1.76. The monoisotopic (exact) mass is 349 g/mol. The third-order valence-electron chi connectivity index (χ3n) is 4.14. The third-order valence-corrected chi connectivity index (χ3v) is 5.00. The van der Waals surface area contributed by atoms with Gasteiger partial charge in [0.25, 0.3) is 0 Å². The number of rotatable bonds is 5. The lowest BCUT2D eigenvalue weighted by atomic mass is 10.2. The van der Waals surface area contributed by atoms with Gasteiger partial charge < -0.3 is 4.90 Å². The van der Waals surface area contributed by atoms with Crippen molar-refractivity contribution in [1.29, 1.82) is 0 Å². The minimum Gasteiger partial charge on any atom is -0.352 e. The molecular weight excluding hydrogens is 330 g/mol. The van der Waals surface area contributed by atoms with Crippen molar-refractivity contribution in [2.24, 2.45) is 7.05 Å². The molecule has 0 atom stereocenters. The van der Waals surface area contributed by atoms with E-state index in [2.05, 4.69) is 40.5 Å². The number of nitrogens with zero attached hydrogens (tertiary/aromatic N) is 5. The topological polar surface area (TPSA) is 46.8 Å². The molecule has 0 aliphatic heterocycles. The molecule has 0 N–H and O–H groups in total. The van der Waals surface area contributed by atoms with Crippen LogP contribution >= 0.6 is 11.3 Å². The van der Waals surface area contributed by atoms with Gasteiger partial charge in [-0.3, -0.25) is 4.68 Å². The van der Waals surface area contributed by atoms with Gasteiger partial charge in [0, 0.05) is 37.3 Å². The van der Waals surface area contributed by atoms with Crippen LogP contribution in [0, 0.1) is 0 Å². The van der Waals surface area contributed by atoms with Crippen LogP contribution in [0.1, 0.15) is 12.5 Å². The second kappa shape index (κ2) is 6.64. The van der Waals surface area contributed by atoms with Crippen LogP contribution in [0.5, 0.6) is 0 Å². The van der Waals surface area contributed by atoms with E-state index in [1.807, 2.05) is 42.3 Å². The van der Waals surface area contributed by atoms with Crippen molar-refractivity contribution >= 4 is 28.1 Å². The summed E-state index contributed by atoms with van der Waals surface area (Å²) in [6, 6.07) is 12.3. The van der Waals surface area contributed by atoms with Crippen LogP contribution < -0.4 is 4.90 Å². The molecule has 0 spiro atoms. The van der Waals surface area contributed by atoms with E-state index in [0.29, 0.717) is 0 Å². The van der Waals surface area contributed by atoms with Crippen molar-refractivity contribution in [3.63, 3.8) is 0 Å². The van der Waals surface area contributed by atoms with E-state index in [1.165, 1.54) is 5.56 Å². The van der Waals surface area contributed by atoms with Crippen molar-refractivity contribution in [1.82, 2.24) is 19.7 Å². The van der Waals surface area contributed by atoms with E-state index in [-0.39, 0.29) is 0 Å². The number of thiophene rings is 1. The molecule has 0 saturated carbocycles. The summed E-state index contributed by atoms with van der Waals surface area (Å²) in [7, 11) is 1.94. The summed E-state index contributed by atoms with van der Waals surface area (Å²) in [5.41, 5.74) is 2.14. The molecule has 0 aliphatic carbocycles. The highest BCUT2D eigenvalue weighted by Gasteiger charge is 2.15. The van der Waals surface area contributed by atoms with Gasteiger partial charge in [0.1, 0.15) is 5.82 Å². The summed E-state index contributed by atoms with van der Waals surface area (Å²) in [6.45, 7) is 3.78. The molecule has 4 rings (SSSR count). The molecule has 25 heavy (non-hydrogen) atoms. The van der Waals surface area contributed by atoms with Crippen molar-refractivity contribution in [2.45, 2.75) is 13.5 Å². The summed E-state index contributed by atoms with van der Waals surface area (Å²) < 4.78 is 1.83. The zero-order chi connectivity index (χ0) is 17.2. The molecular formula is C19H19N5S. The van der Waals surface area contributed by atoms with Gasteiger partial charge in [-0.1, -0.05) is 18.2 Å². The van der Waals surface area contributed by atoms with E-state index in [0.717, 1.165) is 40.5 Å². The molecule has 0 amide bonds. The minimum absolute atomic E-state index is 0.773. The quantitative estimate of drug-likeness (QED) is 0.544. The molecule has 3 aromatic heterocycles. The molecule has 0 fully saturated rings. The molecule has 0 unspecified atom stereocenters. The maximum absolute atomic E-state index is 4.92. The first-order chi connectivity index (χ1) is 12.2. The van der Waals surface area contributed by atoms with E-state index >= 15 is 0 Å². The smallest absolute Gasteiger partial charge is 0.172 e. The van der Waals surface area contributed by atoms with Gasteiger partial charge in [0.2, 0.25) is 0 Å². The predicted octanol–water partition coefficient (Wildman–Crippen LogP) is 4.12. The van der Waals surface area contributed by atoms with E-state index in [9.17, 15) is 0 Å². The van der Waals surface area contributed by atoms with E-state index in [1.54, 1.807) is 11.3 Å². The Bertz CT molecular complexity index is 990. The first-order valence-electron chi connectivity index (χ1n) is 8.27. The number of aromatic nitrogens is 4. The second-order valence-electron chi connectivity index (χ2n) is 5.90.